The Morgan fingerprint density at radius 2 is 0.920 bits per heavy atom. The van der Waals surface area contributed by atoms with E-state index >= 15 is 0 Å². The van der Waals surface area contributed by atoms with Gasteiger partial charge in [-0.15, -0.1) is 0 Å². The highest BCUT2D eigenvalue weighted by Crippen LogP contribution is 2.28. The van der Waals surface area contributed by atoms with Gasteiger partial charge in [-0.3, -0.25) is 0 Å². The number of carbonyl (C=O) groups excluding carboxylic acids is 1. The normalized spacial score (nSPS) is 16.9. The molecule has 0 spiro atoms. The van der Waals surface area contributed by atoms with Gasteiger partial charge < -0.3 is 9.80 Å². The molecule has 1 fully saturated rings. The molecule has 2 amide bonds. The highest BCUT2D eigenvalue weighted by Gasteiger charge is 2.40. The van der Waals surface area contributed by atoms with E-state index in [2.05, 4.69) is 83.1 Å². The molecule has 0 aromatic carbocycles. The zero-order valence-corrected chi connectivity index (χ0v) is 19.3. The van der Waals surface area contributed by atoms with E-state index in [4.69, 9.17) is 0 Å². The SMILES string of the molecule is CC(C)(C)CCCC(C)(C)C.CC(C)(C)N1CCN(C(C)(C)C)C1=O. The van der Waals surface area contributed by atoms with Crippen molar-refractivity contribution in [3.05, 3.63) is 0 Å². The van der Waals surface area contributed by atoms with Crippen LogP contribution < -0.4 is 0 Å². The Morgan fingerprint density at radius 1 is 0.640 bits per heavy atom. The molecule has 1 saturated heterocycles. The van der Waals surface area contributed by atoms with Crippen LogP contribution in [0.4, 0.5) is 4.79 Å². The predicted octanol–water partition coefficient (Wildman–Crippen LogP) is 6.57. The van der Waals surface area contributed by atoms with Crippen LogP contribution in [-0.2, 0) is 0 Å². The van der Waals surface area contributed by atoms with Gasteiger partial charge in [0.15, 0.2) is 0 Å². The highest BCUT2D eigenvalue weighted by molar-refractivity contribution is 5.78. The van der Waals surface area contributed by atoms with Gasteiger partial charge in [0.1, 0.15) is 0 Å². The lowest BCUT2D eigenvalue weighted by atomic mass is 9.84. The number of nitrogens with zero attached hydrogens (tertiary/aromatic N) is 2. The third-order valence-corrected chi connectivity index (χ3v) is 4.48. The van der Waals surface area contributed by atoms with Gasteiger partial charge in [-0.2, -0.15) is 0 Å². The molecule has 3 heteroatoms. The van der Waals surface area contributed by atoms with E-state index in [-0.39, 0.29) is 17.1 Å². The van der Waals surface area contributed by atoms with Crippen LogP contribution in [0.2, 0.25) is 0 Å². The minimum absolute atomic E-state index is 0.0584. The molecule has 0 aromatic heterocycles. The molecule has 0 saturated carbocycles. The first kappa shape index (κ1) is 24.3. The van der Waals surface area contributed by atoms with Gasteiger partial charge >= 0.3 is 6.03 Å². The smallest absolute Gasteiger partial charge is 0.318 e. The van der Waals surface area contributed by atoms with Gasteiger partial charge in [-0.25, -0.2) is 4.79 Å². The average molecular weight is 355 g/mol. The summed E-state index contributed by atoms with van der Waals surface area (Å²) >= 11 is 0. The molecule has 0 bridgehead atoms. The van der Waals surface area contributed by atoms with Gasteiger partial charge in [-0.05, 0) is 65.2 Å². The zero-order valence-electron chi connectivity index (χ0n) is 19.3. The zero-order chi connectivity index (χ0) is 20.3. The van der Waals surface area contributed by atoms with Crippen molar-refractivity contribution in [2.24, 2.45) is 10.8 Å². The number of rotatable bonds is 2. The molecule has 1 heterocycles. The summed E-state index contributed by atoms with van der Waals surface area (Å²) in [6.45, 7) is 28.1. The molecule has 0 atom stereocenters. The topological polar surface area (TPSA) is 23.6 Å². The number of carbonyl (C=O) groups is 1. The van der Waals surface area contributed by atoms with Crippen molar-refractivity contribution in [1.29, 1.82) is 0 Å². The van der Waals surface area contributed by atoms with Crippen LogP contribution in [-0.4, -0.2) is 40.0 Å². The molecule has 1 aliphatic heterocycles. The summed E-state index contributed by atoms with van der Waals surface area (Å²) < 4.78 is 0. The van der Waals surface area contributed by atoms with Crippen molar-refractivity contribution in [3.63, 3.8) is 0 Å². The van der Waals surface area contributed by atoms with E-state index in [0.29, 0.717) is 10.8 Å². The lowest BCUT2D eigenvalue weighted by molar-refractivity contribution is 0.133. The fourth-order valence-corrected chi connectivity index (χ4v) is 2.93. The van der Waals surface area contributed by atoms with Crippen LogP contribution in [0.5, 0.6) is 0 Å². The first-order chi connectivity index (χ1) is 10.8. The van der Waals surface area contributed by atoms with Gasteiger partial charge in [-0.1, -0.05) is 48.0 Å². The maximum atomic E-state index is 12.1. The van der Waals surface area contributed by atoms with E-state index in [1.807, 2.05) is 9.80 Å². The Kier molecular flexibility index (Phi) is 8.07. The van der Waals surface area contributed by atoms with Gasteiger partial charge in [0.25, 0.3) is 0 Å². The van der Waals surface area contributed by atoms with Gasteiger partial charge in [0.2, 0.25) is 0 Å². The van der Waals surface area contributed by atoms with Crippen LogP contribution in [0.25, 0.3) is 0 Å². The Morgan fingerprint density at radius 3 is 1.08 bits per heavy atom. The minimum atomic E-state index is -0.0584. The quantitative estimate of drug-likeness (QED) is 0.550. The maximum absolute atomic E-state index is 12.1. The summed E-state index contributed by atoms with van der Waals surface area (Å²) in [5, 5.41) is 0. The lowest BCUT2D eigenvalue weighted by Gasteiger charge is -2.35. The van der Waals surface area contributed by atoms with E-state index in [1.54, 1.807) is 0 Å². The molecule has 1 rings (SSSR count). The molecule has 150 valence electrons. The monoisotopic (exact) mass is 354 g/mol. The number of hydrogen-bond acceptors (Lipinski definition) is 1. The van der Waals surface area contributed by atoms with Crippen LogP contribution in [0.15, 0.2) is 0 Å². The van der Waals surface area contributed by atoms with E-state index in [0.717, 1.165) is 13.1 Å². The van der Waals surface area contributed by atoms with Crippen molar-refractivity contribution < 1.29 is 4.79 Å². The Balaban J connectivity index is 0.000000477. The maximum Gasteiger partial charge on any atom is 0.320 e. The molecule has 0 N–H and O–H groups in total. The fraction of sp³-hybridized carbons (Fsp3) is 0.955. The fourth-order valence-electron chi connectivity index (χ4n) is 2.93. The second-order valence-electron chi connectivity index (χ2n) is 11.9. The van der Waals surface area contributed by atoms with Crippen molar-refractivity contribution in [1.82, 2.24) is 9.80 Å². The molecule has 0 radical (unpaired) electrons. The number of urea groups is 1. The molecule has 1 aliphatic rings. The summed E-state index contributed by atoms with van der Waals surface area (Å²) in [6, 6.07) is 0.171. The Hall–Kier alpha value is -0.730. The van der Waals surface area contributed by atoms with Gasteiger partial charge in [0, 0.05) is 24.2 Å². The van der Waals surface area contributed by atoms with E-state index in [9.17, 15) is 4.79 Å². The van der Waals surface area contributed by atoms with Crippen LogP contribution in [0, 0.1) is 10.8 Å². The summed E-state index contributed by atoms with van der Waals surface area (Å²) in [7, 11) is 0. The third-order valence-electron chi connectivity index (χ3n) is 4.48. The minimum Gasteiger partial charge on any atom is -0.318 e. The molecular weight excluding hydrogens is 308 g/mol. The third kappa shape index (κ3) is 10.1. The number of hydrogen-bond donors (Lipinski definition) is 0. The van der Waals surface area contributed by atoms with Crippen molar-refractivity contribution >= 4 is 6.03 Å². The average Bonchev–Trinajstić information content (AvgIpc) is 2.67. The van der Waals surface area contributed by atoms with E-state index < -0.39 is 0 Å². The summed E-state index contributed by atoms with van der Waals surface area (Å²) in [4.78, 5) is 15.9. The first-order valence-corrected chi connectivity index (χ1v) is 9.94. The molecule has 0 unspecified atom stereocenters. The molecule has 0 aromatic rings. The molecule has 3 nitrogen and oxygen atoms in total. The summed E-state index contributed by atoms with van der Waals surface area (Å²) in [5.74, 6) is 0. The van der Waals surface area contributed by atoms with Crippen LogP contribution in [0.3, 0.4) is 0 Å². The highest BCUT2D eigenvalue weighted by atomic mass is 16.2. The molecular formula is C22H46N2O. The largest absolute Gasteiger partial charge is 0.320 e. The van der Waals surface area contributed by atoms with Crippen molar-refractivity contribution in [2.75, 3.05) is 13.1 Å². The second-order valence-corrected chi connectivity index (χ2v) is 11.9. The molecule has 25 heavy (non-hydrogen) atoms. The number of amides is 2. The van der Waals surface area contributed by atoms with Crippen molar-refractivity contribution in [3.8, 4) is 0 Å². The van der Waals surface area contributed by atoms with Crippen LogP contribution >= 0.6 is 0 Å². The lowest BCUT2D eigenvalue weighted by Crippen LogP contribution is -2.48. The van der Waals surface area contributed by atoms with Crippen LogP contribution in [0.1, 0.15) is 102 Å². The summed E-state index contributed by atoms with van der Waals surface area (Å²) in [5.41, 5.74) is 0.921. The first-order valence-electron chi connectivity index (χ1n) is 9.94. The molecule has 0 aliphatic carbocycles. The standard InChI is InChI=1S/C11H22N2O.C11H24/c1-10(2,3)12-7-8-13(9(12)14)11(4,5)6;1-10(2,3)8-7-9-11(4,5)6/h7-8H2,1-6H3;7-9H2,1-6H3. The van der Waals surface area contributed by atoms with E-state index in [1.165, 1.54) is 19.3 Å². The van der Waals surface area contributed by atoms with Crippen molar-refractivity contribution in [2.45, 2.75) is 113 Å². The van der Waals surface area contributed by atoms with Gasteiger partial charge in [0.05, 0.1) is 0 Å². The Labute approximate surface area is 158 Å². The summed E-state index contributed by atoms with van der Waals surface area (Å²) in [6.07, 6.45) is 4.07. The second kappa shape index (κ2) is 8.31. The Bertz CT molecular complexity index is 375. The predicted molar refractivity (Wildman–Crippen MR) is 111 cm³/mol.